The standard InChI is InChI=1S/C27H29FN4O3/c1-17-3-8-23(13-18(17)2)32-16-21(15-25(32)33)27(34)31-11-9-19(10-12-31)14-24-29-26(30-35-24)20-4-6-22(28)7-5-20/h3-8,13,19,21H,9-12,14-16H2,1-2H3/t21-/m1/s1. The van der Waals surface area contributed by atoms with Gasteiger partial charge in [0.1, 0.15) is 5.82 Å². The largest absolute Gasteiger partial charge is 0.342 e. The van der Waals surface area contributed by atoms with E-state index in [2.05, 4.69) is 10.1 Å². The second-order valence-electron chi connectivity index (χ2n) is 9.67. The first-order valence-electron chi connectivity index (χ1n) is 12.1. The van der Waals surface area contributed by atoms with Crippen molar-refractivity contribution in [2.45, 2.75) is 39.5 Å². The van der Waals surface area contributed by atoms with E-state index < -0.39 is 0 Å². The summed E-state index contributed by atoms with van der Waals surface area (Å²) in [5.74, 6) is 0.826. The summed E-state index contributed by atoms with van der Waals surface area (Å²) >= 11 is 0. The lowest BCUT2D eigenvalue weighted by atomic mass is 9.92. The maximum Gasteiger partial charge on any atom is 0.228 e. The summed E-state index contributed by atoms with van der Waals surface area (Å²) < 4.78 is 18.5. The molecular weight excluding hydrogens is 447 g/mol. The number of hydrogen-bond donors (Lipinski definition) is 0. The number of carbonyl (C=O) groups is 2. The van der Waals surface area contributed by atoms with Crippen LogP contribution in [0.5, 0.6) is 0 Å². The van der Waals surface area contributed by atoms with Crippen molar-refractivity contribution in [2.24, 2.45) is 11.8 Å². The zero-order valence-corrected chi connectivity index (χ0v) is 20.0. The van der Waals surface area contributed by atoms with Crippen molar-refractivity contribution in [3.05, 3.63) is 65.3 Å². The summed E-state index contributed by atoms with van der Waals surface area (Å²) in [6, 6.07) is 12.0. The Morgan fingerprint density at radius 2 is 1.83 bits per heavy atom. The van der Waals surface area contributed by atoms with Crippen molar-refractivity contribution in [1.82, 2.24) is 15.0 Å². The van der Waals surface area contributed by atoms with E-state index in [1.807, 2.05) is 36.9 Å². The molecule has 0 spiro atoms. The number of nitrogens with zero attached hydrogens (tertiary/aromatic N) is 4. The van der Waals surface area contributed by atoms with Gasteiger partial charge in [-0.3, -0.25) is 9.59 Å². The number of anilines is 1. The Hall–Kier alpha value is -3.55. The Balaban J connectivity index is 1.14. The van der Waals surface area contributed by atoms with Gasteiger partial charge in [-0.25, -0.2) is 4.39 Å². The third kappa shape index (κ3) is 4.97. The summed E-state index contributed by atoms with van der Waals surface area (Å²) in [5.41, 5.74) is 3.90. The van der Waals surface area contributed by atoms with Crippen LogP contribution in [0.1, 0.15) is 36.3 Å². The highest BCUT2D eigenvalue weighted by Crippen LogP contribution is 2.30. The number of amides is 2. The number of halogens is 1. The number of hydrogen-bond acceptors (Lipinski definition) is 5. The molecule has 7 nitrogen and oxygen atoms in total. The summed E-state index contributed by atoms with van der Waals surface area (Å²) in [7, 11) is 0. The molecule has 2 saturated heterocycles. The maximum absolute atomic E-state index is 13.2. The van der Waals surface area contributed by atoms with Gasteiger partial charge >= 0.3 is 0 Å². The lowest BCUT2D eigenvalue weighted by Crippen LogP contribution is -2.42. The predicted octanol–water partition coefficient (Wildman–Crippen LogP) is 4.33. The molecule has 2 fully saturated rings. The molecule has 2 amide bonds. The molecule has 0 radical (unpaired) electrons. The van der Waals surface area contributed by atoms with Crippen LogP contribution < -0.4 is 4.90 Å². The molecule has 0 unspecified atom stereocenters. The SMILES string of the molecule is Cc1ccc(N2C[C@H](C(=O)N3CCC(Cc4nc(-c5ccc(F)cc5)no4)CC3)CC2=O)cc1C. The van der Waals surface area contributed by atoms with Gasteiger partial charge in [0.05, 0.1) is 5.92 Å². The van der Waals surface area contributed by atoms with Gasteiger partial charge in [-0.1, -0.05) is 11.2 Å². The second kappa shape index (κ2) is 9.60. The smallest absolute Gasteiger partial charge is 0.228 e. The minimum Gasteiger partial charge on any atom is -0.342 e. The molecule has 0 N–H and O–H groups in total. The van der Waals surface area contributed by atoms with Crippen molar-refractivity contribution in [3.8, 4) is 11.4 Å². The minimum absolute atomic E-state index is 0.00911. The zero-order chi connectivity index (χ0) is 24.5. The highest BCUT2D eigenvalue weighted by atomic mass is 19.1. The van der Waals surface area contributed by atoms with E-state index in [-0.39, 0.29) is 30.0 Å². The Morgan fingerprint density at radius 1 is 1.09 bits per heavy atom. The minimum atomic E-state index is -0.307. The summed E-state index contributed by atoms with van der Waals surface area (Å²) in [5, 5.41) is 4.02. The number of likely N-dealkylation sites (tertiary alicyclic amines) is 1. The predicted molar refractivity (Wildman–Crippen MR) is 129 cm³/mol. The molecule has 1 atom stereocenters. The van der Waals surface area contributed by atoms with Gasteiger partial charge in [0.2, 0.25) is 23.5 Å². The first-order chi connectivity index (χ1) is 16.9. The summed E-state index contributed by atoms with van der Waals surface area (Å²) in [4.78, 5) is 33.9. The second-order valence-corrected chi connectivity index (χ2v) is 9.67. The number of aryl methyl sites for hydroxylation is 2. The van der Waals surface area contributed by atoms with E-state index in [1.54, 1.807) is 17.0 Å². The summed E-state index contributed by atoms with van der Waals surface area (Å²) in [6.07, 6.45) is 2.61. The molecule has 2 aromatic carbocycles. The molecule has 0 saturated carbocycles. The van der Waals surface area contributed by atoms with Crippen LogP contribution >= 0.6 is 0 Å². The molecule has 3 aromatic rings. The van der Waals surface area contributed by atoms with E-state index in [0.29, 0.717) is 49.3 Å². The van der Waals surface area contributed by atoms with Crippen LogP contribution in [0.15, 0.2) is 47.0 Å². The Morgan fingerprint density at radius 3 is 2.54 bits per heavy atom. The normalized spacial score (nSPS) is 18.9. The molecular formula is C27H29FN4O3. The average Bonchev–Trinajstić information content (AvgIpc) is 3.48. The van der Waals surface area contributed by atoms with Crippen LogP contribution in [-0.4, -0.2) is 46.5 Å². The molecule has 5 rings (SSSR count). The number of piperidine rings is 1. The van der Waals surface area contributed by atoms with E-state index in [4.69, 9.17) is 4.52 Å². The fraction of sp³-hybridized carbons (Fsp3) is 0.407. The van der Waals surface area contributed by atoms with Crippen LogP contribution in [0, 0.1) is 31.5 Å². The number of rotatable bonds is 5. The summed E-state index contributed by atoms with van der Waals surface area (Å²) in [6.45, 7) is 5.84. The van der Waals surface area contributed by atoms with Gasteiger partial charge in [0.15, 0.2) is 0 Å². The third-order valence-corrected chi connectivity index (χ3v) is 7.24. The molecule has 35 heavy (non-hydrogen) atoms. The molecule has 2 aliphatic rings. The van der Waals surface area contributed by atoms with Crippen LogP contribution in [0.25, 0.3) is 11.4 Å². The number of aromatic nitrogens is 2. The lowest BCUT2D eigenvalue weighted by Gasteiger charge is -2.33. The number of carbonyl (C=O) groups excluding carboxylic acids is 2. The van der Waals surface area contributed by atoms with Crippen molar-refractivity contribution in [3.63, 3.8) is 0 Å². The molecule has 0 bridgehead atoms. The maximum atomic E-state index is 13.2. The Kier molecular flexibility index (Phi) is 6.36. The van der Waals surface area contributed by atoms with E-state index in [0.717, 1.165) is 24.1 Å². The van der Waals surface area contributed by atoms with Gasteiger partial charge < -0.3 is 14.3 Å². The molecule has 1 aromatic heterocycles. The fourth-order valence-corrected chi connectivity index (χ4v) is 4.93. The molecule has 3 heterocycles. The Bertz CT molecular complexity index is 1230. The molecule has 182 valence electrons. The van der Waals surface area contributed by atoms with Gasteiger partial charge in [0, 0.05) is 43.7 Å². The third-order valence-electron chi connectivity index (χ3n) is 7.24. The van der Waals surface area contributed by atoms with Gasteiger partial charge in [-0.15, -0.1) is 0 Å². The topological polar surface area (TPSA) is 79.5 Å². The lowest BCUT2D eigenvalue weighted by molar-refractivity contribution is -0.137. The van der Waals surface area contributed by atoms with Crippen molar-refractivity contribution >= 4 is 17.5 Å². The average molecular weight is 477 g/mol. The monoisotopic (exact) mass is 476 g/mol. The number of benzene rings is 2. The zero-order valence-electron chi connectivity index (χ0n) is 20.0. The molecule has 0 aliphatic carbocycles. The van der Waals surface area contributed by atoms with Crippen LogP contribution in [0.4, 0.5) is 10.1 Å². The van der Waals surface area contributed by atoms with Gasteiger partial charge in [0.25, 0.3) is 0 Å². The van der Waals surface area contributed by atoms with Crippen molar-refractivity contribution in [1.29, 1.82) is 0 Å². The first kappa shape index (κ1) is 23.2. The van der Waals surface area contributed by atoms with Crippen LogP contribution in [-0.2, 0) is 16.0 Å². The van der Waals surface area contributed by atoms with Crippen LogP contribution in [0.3, 0.4) is 0 Å². The fourth-order valence-electron chi connectivity index (χ4n) is 4.93. The van der Waals surface area contributed by atoms with Crippen molar-refractivity contribution in [2.75, 3.05) is 24.5 Å². The Labute approximate surface area is 203 Å². The first-order valence-corrected chi connectivity index (χ1v) is 12.1. The van der Waals surface area contributed by atoms with E-state index in [9.17, 15) is 14.0 Å². The van der Waals surface area contributed by atoms with E-state index >= 15 is 0 Å². The highest BCUT2D eigenvalue weighted by Gasteiger charge is 2.38. The quantitative estimate of drug-likeness (QED) is 0.548. The van der Waals surface area contributed by atoms with Gasteiger partial charge in [-0.05, 0) is 80.1 Å². The van der Waals surface area contributed by atoms with E-state index in [1.165, 1.54) is 17.7 Å². The molecule has 2 aliphatic heterocycles. The highest BCUT2D eigenvalue weighted by molar-refractivity contribution is 6.00. The molecule has 8 heteroatoms. The van der Waals surface area contributed by atoms with Crippen molar-refractivity contribution < 1.29 is 18.5 Å². The van der Waals surface area contributed by atoms with Crippen LogP contribution in [0.2, 0.25) is 0 Å². The van der Waals surface area contributed by atoms with Gasteiger partial charge in [-0.2, -0.15) is 4.98 Å².